The Morgan fingerprint density at radius 1 is 1.15 bits per heavy atom. The lowest BCUT2D eigenvalue weighted by Gasteiger charge is -2.15. The number of benzene rings is 1. The molecule has 20 heavy (non-hydrogen) atoms. The van der Waals surface area contributed by atoms with E-state index in [2.05, 4.69) is 5.32 Å². The minimum absolute atomic E-state index is 0.208. The van der Waals surface area contributed by atoms with E-state index in [0.29, 0.717) is 25.4 Å². The van der Waals surface area contributed by atoms with E-state index < -0.39 is 5.82 Å². The lowest BCUT2D eigenvalue weighted by Crippen LogP contribution is -2.21. The summed E-state index contributed by atoms with van der Waals surface area (Å²) in [5, 5.41) is 3.18. The molecule has 1 aromatic rings. The Kier molecular flexibility index (Phi) is 8.34. The van der Waals surface area contributed by atoms with Gasteiger partial charge in [0.2, 0.25) is 0 Å². The quantitative estimate of drug-likeness (QED) is 0.671. The molecule has 0 spiro atoms. The zero-order chi connectivity index (χ0) is 14.8. The van der Waals surface area contributed by atoms with Crippen molar-refractivity contribution in [1.82, 2.24) is 5.32 Å². The normalized spacial score (nSPS) is 12.6. The molecule has 1 unspecified atom stereocenters. The minimum Gasteiger partial charge on any atom is -0.382 e. The predicted octanol–water partition coefficient (Wildman–Crippen LogP) is 3.06. The first kappa shape index (κ1) is 17.0. The molecule has 1 aromatic carbocycles. The van der Waals surface area contributed by atoms with E-state index in [1.165, 1.54) is 6.07 Å². The number of hydrogen-bond donors (Lipinski definition) is 1. The van der Waals surface area contributed by atoms with Gasteiger partial charge in [-0.15, -0.1) is 0 Å². The van der Waals surface area contributed by atoms with Gasteiger partial charge in [-0.25, -0.2) is 8.78 Å². The Morgan fingerprint density at radius 3 is 2.70 bits per heavy atom. The highest BCUT2D eigenvalue weighted by Gasteiger charge is 2.10. The molecule has 0 aromatic heterocycles. The van der Waals surface area contributed by atoms with E-state index >= 15 is 0 Å². The molecule has 0 saturated carbocycles. The van der Waals surface area contributed by atoms with Gasteiger partial charge in [-0.1, -0.05) is 0 Å². The first-order valence-corrected chi connectivity index (χ1v) is 6.90. The molecule has 0 saturated heterocycles. The lowest BCUT2D eigenvalue weighted by molar-refractivity contribution is 0.0687. The van der Waals surface area contributed by atoms with Crippen molar-refractivity contribution < 1.29 is 18.3 Å². The lowest BCUT2D eigenvalue weighted by atomic mass is 10.1. The maximum atomic E-state index is 13.5. The van der Waals surface area contributed by atoms with Crippen LogP contribution in [-0.2, 0) is 9.47 Å². The third kappa shape index (κ3) is 6.41. The van der Waals surface area contributed by atoms with Gasteiger partial charge in [-0.2, -0.15) is 0 Å². The van der Waals surface area contributed by atoms with Crippen LogP contribution >= 0.6 is 0 Å². The highest BCUT2D eigenvalue weighted by molar-refractivity contribution is 5.21. The van der Waals surface area contributed by atoms with Crippen molar-refractivity contribution in [2.45, 2.75) is 25.8 Å². The smallest absolute Gasteiger partial charge is 0.128 e. The van der Waals surface area contributed by atoms with Crippen molar-refractivity contribution in [1.29, 1.82) is 0 Å². The Bertz CT molecular complexity index is 388. The van der Waals surface area contributed by atoms with Crippen LogP contribution < -0.4 is 5.32 Å². The van der Waals surface area contributed by atoms with Gasteiger partial charge in [0.05, 0.1) is 13.2 Å². The van der Waals surface area contributed by atoms with Crippen molar-refractivity contribution in [3.05, 3.63) is 35.4 Å². The summed E-state index contributed by atoms with van der Waals surface area (Å²) in [7, 11) is 1.64. The van der Waals surface area contributed by atoms with Crippen LogP contribution in [0.3, 0.4) is 0 Å². The van der Waals surface area contributed by atoms with Crippen LogP contribution in [0.15, 0.2) is 18.2 Å². The van der Waals surface area contributed by atoms with E-state index in [9.17, 15) is 8.78 Å². The largest absolute Gasteiger partial charge is 0.382 e. The fraction of sp³-hybridized carbons (Fsp3) is 0.600. The summed E-state index contributed by atoms with van der Waals surface area (Å²) in [5.74, 6) is -0.795. The maximum Gasteiger partial charge on any atom is 0.128 e. The van der Waals surface area contributed by atoms with Crippen LogP contribution in [-0.4, -0.2) is 33.5 Å². The Hall–Kier alpha value is -1.04. The summed E-state index contributed by atoms with van der Waals surface area (Å²) >= 11 is 0. The van der Waals surface area contributed by atoms with Crippen molar-refractivity contribution in [2.75, 3.05) is 33.5 Å². The SMILES string of the molecule is COCCOCCCCNC(C)c1cc(F)ccc1F. The van der Waals surface area contributed by atoms with Crippen LogP contribution in [0.25, 0.3) is 0 Å². The van der Waals surface area contributed by atoms with Gasteiger partial charge >= 0.3 is 0 Å². The van der Waals surface area contributed by atoms with Crippen LogP contribution in [0.5, 0.6) is 0 Å². The molecule has 0 aliphatic rings. The second-order valence-corrected chi connectivity index (χ2v) is 4.65. The van der Waals surface area contributed by atoms with Crippen LogP contribution in [0.1, 0.15) is 31.4 Å². The third-order valence-corrected chi connectivity index (χ3v) is 3.02. The van der Waals surface area contributed by atoms with Gasteiger partial charge in [0, 0.05) is 25.3 Å². The molecule has 0 heterocycles. The van der Waals surface area contributed by atoms with Gasteiger partial charge in [-0.3, -0.25) is 0 Å². The molecule has 0 aliphatic heterocycles. The molecule has 0 amide bonds. The molecule has 1 N–H and O–H groups in total. The Labute approximate surface area is 119 Å². The maximum absolute atomic E-state index is 13.5. The molecule has 114 valence electrons. The highest BCUT2D eigenvalue weighted by Crippen LogP contribution is 2.17. The summed E-state index contributed by atoms with van der Waals surface area (Å²) in [4.78, 5) is 0. The second kappa shape index (κ2) is 9.80. The average molecular weight is 287 g/mol. The average Bonchev–Trinajstić information content (AvgIpc) is 2.44. The zero-order valence-corrected chi connectivity index (χ0v) is 12.1. The van der Waals surface area contributed by atoms with Crippen molar-refractivity contribution in [3.8, 4) is 0 Å². The predicted molar refractivity (Wildman–Crippen MR) is 74.7 cm³/mol. The number of hydrogen-bond acceptors (Lipinski definition) is 3. The molecule has 1 atom stereocenters. The summed E-state index contributed by atoms with van der Waals surface area (Å²) in [6, 6.07) is 3.32. The summed E-state index contributed by atoms with van der Waals surface area (Å²) in [5.41, 5.74) is 0.362. The number of halogens is 2. The van der Waals surface area contributed by atoms with E-state index in [-0.39, 0.29) is 11.9 Å². The van der Waals surface area contributed by atoms with E-state index in [0.717, 1.165) is 31.5 Å². The Morgan fingerprint density at radius 2 is 1.95 bits per heavy atom. The van der Waals surface area contributed by atoms with Crippen LogP contribution in [0.2, 0.25) is 0 Å². The number of unbranched alkanes of at least 4 members (excludes halogenated alkanes) is 1. The molecular weight excluding hydrogens is 264 g/mol. The molecular formula is C15H23F2NO2. The number of ether oxygens (including phenoxy) is 2. The van der Waals surface area contributed by atoms with Crippen molar-refractivity contribution in [3.63, 3.8) is 0 Å². The van der Waals surface area contributed by atoms with Crippen molar-refractivity contribution >= 4 is 0 Å². The first-order chi connectivity index (χ1) is 9.65. The molecule has 5 heteroatoms. The number of rotatable bonds is 10. The molecule has 0 aliphatic carbocycles. The van der Waals surface area contributed by atoms with Gasteiger partial charge in [0.15, 0.2) is 0 Å². The fourth-order valence-electron chi connectivity index (χ4n) is 1.85. The monoisotopic (exact) mass is 287 g/mol. The second-order valence-electron chi connectivity index (χ2n) is 4.65. The molecule has 0 bridgehead atoms. The van der Waals surface area contributed by atoms with Gasteiger partial charge in [0.25, 0.3) is 0 Å². The van der Waals surface area contributed by atoms with Crippen LogP contribution in [0, 0.1) is 11.6 Å². The van der Waals surface area contributed by atoms with E-state index in [1.54, 1.807) is 7.11 Å². The molecule has 3 nitrogen and oxygen atoms in total. The first-order valence-electron chi connectivity index (χ1n) is 6.90. The van der Waals surface area contributed by atoms with E-state index in [1.807, 2.05) is 6.92 Å². The fourth-order valence-corrected chi connectivity index (χ4v) is 1.85. The van der Waals surface area contributed by atoms with Crippen molar-refractivity contribution in [2.24, 2.45) is 0 Å². The number of nitrogens with one attached hydrogen (secondary N) is 1. The third-order valence-electron chi connectivity index (χ3n) is 3.02. The number of methoxy groups -OCH3 is 1. The molecule has 0 fully saturated rings. The van der Waals surface area contributed by atoms with Gasteiger partial charge in [0.1, 0.15) is 11.6 Å². The molecule has 1 rings (SSSR count). The standard InChI is InChI=1S/C15H23F2NO2/c1-12(14-11-13(16)5-6-15(14)17)18-7-3-4-8-20-10-9-19-2/h5-6,11-12,18H,3-4,7-10H2,1-2H3. The highest BCUT2D eigenvalue weighted by atomic mass is 19.1. The molecule has 0 radical (unpaired) electrons. The summed E-state index contributed by atoms with van der Waals surface area (Å²) in [6.07, 6.45) is 1.85. The minimum atomic E-state index is -0.415. The summed E-state index contributed by atoms with van der Waals surface area (Å²) < 4.78 is 36.8. The van der Waals surface area contributed by atoms with Crippen LogP contribution in [0.4, 0.5) is 8.78 Å². The van der Waals surface area contributed by atoms with Gasteiger partial charge < -0.3 is 14.8 Å². The Balaban J connectivity index is 2.17. The zero-order valence-electron chi connectivity index (χ0n) is 12.1. The topological polar surface area (TPSA) is 30.5 Å². The van der Waals surface area contributed by atoms with E-state index in [4.69, 9.17) is 9.47 Å². The summed E-state index contributed by atoms with van der Waals surface area (Å²) in [6.45, 7) is 4.47. The van der Waals surface area contributed by atoms with Gasteiger partial charge in [-0.05, 0) is 44.5 Å².